The molecular weight excluding hydrogens is 382 g/mol. The van der Waals surface area contributed by atoms with E-state index in [1.165, 1.54) is 23.3 Å². The van der Waals surface area contributed by atoms with Crippen molar-refractivity contribution in [3.8, 4) is 0 Å². The van der Waals surface area contributed by atoms with E-state index in [1.54, 1.807) is 30.3 Å². The third-order valence-corrected chi connectivity index (χ3v) is 4.49. The highest BCUT2D eigenvalue weighted by Gasteiger charge is 2.22. The number of aryl methyl sites for hydroxylation is 1. The van der Waals surface area contributed by atoms with Gasteiger partial charge in [0.1, 0.15) is 22.9 Å². The standard InChI is InChI=1S/C21H16ClNO5/c1-13-4-6-16(27-13)12-23(11-15-3-2-8-26-15)21(25)20-10-18(24)17-9-14(22)5-7-19(17)28-20/h2-10H,11-12H2,1H3. The van der Waals surface area contributed by atoms with Gasteiger partial charge in [0.25, 0.3) is 5.91 Å². The minimum absolute atomic E-state index is 0.0605. The summed E-state index contributed by atoms with van der Waals surface area (Å²) in [6, 6.07) is 13.0. The Morgan fingerprint density at radius 2 is 1.86 bits per heavy atom. The van der Waals surface area contributed by atoms with E-state index in [0.717, 1.165) is 5.76 Å². The van der Waals surface area contributed by atoms with Gasteiger partial charge in [-0.05, 0) is 49.4 Å². The Bertz CT molecular complexity index is 1190. The third-order valence-electron chi connectivity index (χ3n) is 4.26. The Balaban J connectivity index is 1.70. The summed E-state index contributed by atoms with van der Waals surface area (Å²) in [5.74, 6) is 1.46. The van der Waals surface area contributed by atoms with Crippen molar-refractivity contribution in [2.24, 2.45) is 0 Å². The van der Waals surface area contributed by atoms with Gasteiger partial charge in [0.15, 0.2) is 11.2 Å². The molecule has 0 aliphatic rings. The molecule has 0 unspecified atom stereocenters. The van der Waals surface area contributed by atoms with Gasteiger partial charge in [0.05, 0.1) is 24.7 Å². The van der Waals surface area contributed by atoms with Crippen LogP contribution in [-0.2, 0) is 13.1 Å². The number of halogens is 1. The second-order valence-electron chi connectivity index (χ2n) is 6.37. The molecule has 4 rings (SSSR count). The maximum absolute atomic E-state index is 13.1. The van der Waals surface area contributed by atoms with Gasteiger partial charge >= 0.3 is 0 Å². The summed E-state index contributed by atoms with van der Waals surface area (Å²) in [6.07, 6.45) is 1.54. The molecule has 0 spiro atoms. The molecule has 0 radical (unpaired) electrons. The summed E-state index contributed by atoms with van der Waals surface area (Å²) in [7, 11) is 0. The molecule has 0 fully saturated rings. The maximum atomic E-state index is 13.1. The van der Waals surface area contributed by atoms with Gasteiger partial charge in [-0.1, -0.05) is 11.6 Å². The maximum Gasteiger partial charge on any atom is 0.290 e. The Morgan fingerprint density at radius 3 is 2.57 bits per heavy atom. The van der Waals surface area contributed by atoms with E-state index in [1.807, 2.05) is 13.0 Å². The lowest BCUT2D eigenvalue weighted by Crippen LogP contribution is -2.30. The third kappa shape index (κ3) is 3.73. The zero-order valence-corrected chi connectivity index (χ0v) is 15.7. The fourth-order valence-electron chi connectivity index (χ4n) is 2.94. The fourth-order valence-corrected chi connectivity index (χ4v) is 3.11. The zero-order valence-electron chi connectivity index (χ0n) is 15.0. The molecular formula is C21H16ClNO5. The van der Waals surface area contributed by atoms with Gasteiger partial charge < -0.3 is 18.2 Å². The smallest absolute Gasteiger partial charge is 0.290 e. The number of furan rings is 2. The molecule has 0 bridgehead atoms. The van der Waals surface area contributed by atoms with E-state index >= 15 is 0 Å². The number of hydrogen-bond donors (Lipinski definition) is 0. The van der Waals surface area contributed by atoms with Crippen molar-refractivity contribution in [2.45, 2.75) is 20.0 Å². The molecule has 0 atom stereocenters. The Kier molecular flexibility index (Phi) is 4.79. The average molecular weight is 398 g/mol. The molecule has 142 valence electrons. The molecule has 3 heterocycles. The SMILES string of the molecule is Cc1ccc(CN(Cc2ccco2)C(=O)c2cc(=O)c3cc(Cl)ccc3o2)o1. The van der Waals surface area contributed by atoms with Crippen molar-refractivity contribution >= 4 is 28.5 Å². The number of rotatable bonds is 5. The van der Waals surface area contributed by atoms with Gasteiger partial charge in [-0.3, -0.25) is 9.59 Å². The Labute approximate surface area is 164 Å². The first-order valence-electron chi connectivity index (χ1n) is 8.60. The molecule has 0 N–H and O–H groups in total. The zero-order chi connectivity index (χ0) is 19.7. The largest absolute Gasteiger partial charge is 0.467 e. The summed E-state index contributed by atoms with van der Waals surface area (Å²) in [5, 5.41) is 0.745. The van der Waals surface area contributed by atoms with Crippen LogP contribution in [0.4, 0.5) is 0 Å². The Hall–Kier alpha value is -3.25. The van der Waals surface area contributed by atoms with Crippen LogP contribution in [0.25, 0.3) is 11.0 Å². The predicted octanol–water partition coefficient (Wildman–Crippen LogP) is 4.78. The summed E-state index contributed by atoms with van der Waals surface area (Å²) < 4.78 is 16.7. The highest BCUT2D eigenvalue weighted by Crippen LogP contribution is 2.20. The lowest BCUT2D eigenvalue weighted by molar-refractivity contribution is 0.0672. The van der Waals surface area contributed by atoms with Crippen molar-refractivity contribution in [1.29, 1.82) is 0 Å². The van der Waals surface area contributed by atoms with Crippen molar-refractivity contribution < 1.29 is 18.0 Å². The number of carbonyl (C=O) groups is 1. The van der Waals surface area contributed by atoms with Crippen molar-refractivity contribution in [3.05, 3.63) is 93.1 Å². The quantitative estimate of drug-likeness (QED) is 0.484. The molecule has 0 saturated carbocycles. The first kappa shape index (κ1) is 18.1. The number of amides is 1. The summed E-state index contributed by atoms with van der Waals surface area (Å²) in [4.78, 5) is 27.1. The van der Waals surface area contributed by atoms with Crippen LogP contribution in [0, 0.1) is 6.92 Å². The fraction of sp³-hybridized carbons (Fsp3) is 0.143. The van der Waals surface area contributed by atoms with Crippen LogP contribution in [0.3, 0.4) is 0 Å². The summed E-state index contributed by atoms with van der Waals surface area (Å²) in [5.41, 5.74) is -0.0362. The molecule has 0 saturated heterocycles. The number of benzene rings is 1. The van der Waals surface area contributed by atoms with E-state index in [9.17, 15) is 9.59 Å². The van der Waals surface area contributed by atoms with E-state index in [2.05, 4.69) is 0 Å². The number of hydrogen-bond acceptors (Lipinski definition) is 5. The van der Waals surface area contributed by atoms with Crippen LogP contribution in [0.15, 0.2) is 72.8 Å². The van der Waals surface area contributed by atoms with Crippen molar-refractivity contribution in [2.75, 3.05) is 0 Å². The number of nitrogens with zero attached hydrogens (tertiary/aromatic N) is 1. The minimum Gasteiger partial charge on any atom is -0.467 e. The molecule has 0 aliphatic carbocycles. The number of fused-ring (bicyclic) bond motifs is 1. The van der Waals surface area contributed by atoms with Crippen molar-refractivity contribution in [3.63, 3.8) is 0 Å². The monoisotopic (exact) mass is 397 g/mol. The predicted molar refractivity (Wildman–Crippen MR) is 103 cm³/mol. The highest BCUT2D eigenvalue weighted by molar-refractivity contribution is 6.31. The first-order chi connectivity index (χ1) is 13.5. The second kappa shape index (κ2) is 7.40. The van der Waals surface area contributed by atoms with Crippen LogP contribution in [0.2, 0.25) is 5.02 Å². The minimum atomic E-state index is -0.445. The molecule has 1 amide bonds. The second-order valence-corrected chi connectivity index (χ2v) is 6.80. The lowest BCUT2D eigenvalue weighted by Gasteiger charge is -2.20. The molecule has 1 aromatic carbocycles. The van der Waals surface area contributed by atoms with Crippen LogP contribution in [0.5, 0.6) is 0 Å². The lowest BCUT2D eigenvalue weighted by atomic mass is 10.2. The normalized spacial score (nSPS) is 11.1. The highest BCUT2D eigenvalue weighted by atomic mass is 35.5. The molecule has 28 heavy (non-hydrogen) atoms. The van der Waals surface area contributed by atoms with Crippen LogP contribution in [-0.4, -0.2) is 10.8 Å². The van der Waals surface area contributed by atoms with Gasteiger partial charge in [-0.2, -0.15) is 0 Å². The number of carbonyl (C=O) groups excluding carboxylic acids is 1. The summed E-state index contributed by atoms with van der Waals surface area (Å²) in [6.45, 7) is 2.24. The van der Waals surface area contributed by atoms with Crippen LogP contribution in [0.1, 0.15) is 27.8 Å². The molecule has 4 aromatic rings. The molecule has 7 heteroatoms. The molecule has 0 aliphatic heterocycles. The van der Waals surface area contributed by atoms with Crippen LogP contribution >= 0.6 is 11.6 Å². The Morgan fingerprint density at radius 1 is 1.04 bits per heavy atom. The first-order valence-corrected chi connectivity index (χ1v) is 8.98. The van der Waals surface area contributed by atoms with Gasteiger partial charge in [-0.25, -0.2) is 0 Å². The molecule has 3 aromatic heterocycles. The average Bonchev–Trinajstić information content (AvgIpc) is 3.33. The van der Waals surface area contributed by atoms with Gasteiger partial charge in [-0.15, -0.1) is 0 Å². The van der Waals surface area contributed by atoms with E-state index < -0.39 is 5.91 Å². The van der Waals surface area contributed by atoms with E-state index in [-0.39, 0.29) is 24.3 Å². The van der Waals surface area contributed by atoms with Gasteiger partial charge in [0, 0.05) is 11.1 Å². The topological polar surface area (TPSA) is 76.8 Å². The van der Waals surface area contributed by atoms with Crippen molar-refractivity contribution in [1.82, 2.24) is 4.90 Å². The van der Waals surface area contributed by atoms with E-state index in [0.29, 0.717) is 27.5 Å². The van der Waals surface area contributed by atoms with E-state index in [4.69, 9.17) is 24.9 Å². The molecule has 6 nitrogen and oxygen atoms in total. The summed E-state index contributed by atoms with van der Waals surface area (Å²) >= 11 is 5.94. The van der Waals surface area contributed by atoms with Gasteiger partial charge in [0.2, 0.25) is 0 Å². The van der Waals surface area contributed by atoms with Crippen LogP contribution < -0.4 is 5.43 Å².